The fourth-order valence-corrected chi connectivity index (χ4v) is 3.70. The van der Waals surface area contributed by atoms with Crippen molar-refractivity contribution in [3.63, 3.8) is 0 Å². The van der Waals surface area contributed by atoms with Gasteiger partial charge in [0.2, 0.25) is 10.0 Å². The van der Waals surface area contributed by atoms with Crippen molar-refractivity contribution in [2.75, 3.05) is 5.73 Å². The maximum atomic E-state index is 13.1. The molecular weight excluding hydrogens is 271 g/mol. The number of anilines is 1. The van der Waals surface area contributed by atoms with E-state index in [1.165, 1.54) is 6.07 Å². The molecule has 0 amide bonds. The molecule has 1 aromatic carbocycles. The molecule has 2 atom stereocenters. The fraction of sp³-hybridized carbons (Fsp3) is 0.500. The lowest BCUT2D eigenvalue weighted by Gasteiger charge is -2.28. The molecule has 106 valence electrons. The van der Waals surface area contributed by atoms with E-state index in [1.807, 2.05) is 0 Å². The zero-order chi connectivity index (χ0) is 14.0. The maximum Gasteiger partial charge on any atom is 0.243 e. The molecule has 1 aromatic rings. The van der Waals surface area contributed by atoms with Crippen LogP contribution in [0, 0.1) is 5.82 Å². The van der Waals surface area contributed by atoms with Crippen molar-refractivity contribution in [2.45, 2.75) is 42.7 Å². The van der Waals surface area contributed by atoms with Crippen LogP contribution >= 0.6 is 0 Å². The lowest BCUT2D eigenvalue weighted by atomic mass is 9.93. The van der Waals surface area contributed by atoms with E-state index in [9.17, 15) is 17.9 Å². The number of nitrogen functional groups attached to an aromatic ring is 1. The molecule has 0 saturated heterocycles. The Morgan fingerprint density at radius 2 is 2.00 bits per heavy atom. The third-order valence-electron chi connectivity index (χ3n) is 3.30. The Balaban J connectivity index is 2.24. The van der Waals surface area contributed by atoms with Gasteiger partial charge in [-0.1, -0.05) is 12.8 Å². The Morgan fingerprint density at radius 3 is 2.68 bits per heavy atom. The molecule has 0 spiro atoms. The van der Waals surface area contributed by atoms with Gasteiger partial charge in [-0.25, -0.2) is 17.5 Å². The number of hydrogen-bond acceptors (Lipinski definition) is 4. The molecule has 2 rings (SSSR count). The molecular formula is C12H17FN2O3S. The molecule has 1 fully saturated rings. The third kappa shape index (κ3) is 3.23. The molecule has 0 bridgehead atoms. The Bertz CT molecular complexity index is 562. The highest BCUT2D eigenvalue weighted by molar-refractivity contribution is 7.89. The summed E-state index contributed by atoms with van der Waals surface area (Å²) in [6.07, 6.45) is 2.14. The van der Waals surface area contributed by atoms with E-state index in [1.54, 1.807) is 0 Å². The normalized spacial score (nSPS) is 24.3. The van der Waals surface area contributed by atoms with Gasteiger partial charge in [0.15, 0.2) is 0 Å². The monoisotopic (exact) mass is 288 g/mol. The van der Waals surface area contributed by atoms with Gasteiger partial charge in [0.05, 0.1) is 11.8 Å². The summed E-state index contributed by atoms with van der Waals surface area (Å²) < 4.78 is 39.8. The zero-order valence-corrected chi connectivity index (χ0v) is 11.2. The van der Waals surface area contributed by atoms with Crippen molar-refractivity contribution in [3.8, 4) is 0 Å². The summed E-state index contributed by atoms with van der Waals surface area (Å²) in [7, 11) is -3.92. The molecule has 5 nitrogen and oxygen atoms in total. The molecule has 7 heteroatoms. The number of benzene rings is 1. The molecule has 1 aliphatic carbocycles. The second kappa shape index (κ2) is 5.44. The Hall–Kier alpha value is -1.18. The first-order chi connectivity index (χ1) is 8.90. The van der Waals surface area contributed by atoms with Crippen molar-refractivity contribution in [1.82, 2.24) is 4.72 Å². The molecule has 1 aliphatic rings. The summed E-state index contributed by atoms with van der Waals surface area (Å²) in [4.78, 5) is -0.287. The van der Waals surface area contributed by atoms with Crippen LogP contribution in [0.25, 0.3) is 0 Å². The predicted molar refractivity (Wildman–Crippen MR) is 69.4 cm³/mol. The largest absolute Gasteiger partial charge is 0.398 e. The molecule has 0 aliphatic heterocycles. The van der Waals surface area contributed by atoms with E-state index in [2.05, 4.69) is 4.72 Å². The number of nitrogens with one attached hydrogen (secondary N) is 1. The summed E-state index contributed by atoms with van der Waals surface area (Å²) in [6.45, 7) is 0. The van der Waals surface area contributed by atoms with E-state index in [0.717, 1.165) is 25.0 Å². The van der Waals surface area contributed by atoms with Gasteiger partial charge in [-0.05, 0) is 31.0 Å². The van der Waals surface area contributed by atoms with Crippen LogP contribution < -0.4 is 10.5 Å². The third-order valence-corrected chi connectivity index (χ3v) is 4.85. The zero-order valence-electron chi connectivity index (χ0n) is 10.3. The Morgan fingerprint density at radius 1 is 1.32 bits per heavy atom. The fourth-order valence-electron chi connectivity index (χ4n) is 2.25. The van der Waals surface area contributed by atoms with Crippen molar-refractivity contribution in [1.29, 1.82) is 0 Å². The van der Waals surface area contributed by atoms with E-state index in [-0.39, 0.29) is 10.6 Å². The van der Waals surface area contributed by atoms with Gasteiger partial charge in [-0.15, -0.1) is 0 Å². The van der Waals surface area contributed by atoms with Crippen LogP contribution in [-0.4, -0.2) is 25.7 Å². The van der Waals surface area contributed by atoms with Crippen molar-refractivity contribution in [3.05, 3.63) is 24.0 Å². The van der Waals surface area contributed by atoms with Crippen LogP contribution in [0.1, 0.15) is 25.7 Å². The van der Waals surface area contributed by atoms with E-state index in [0.29, 0.717) is 12.8 Å². The SMILES string of the molecule is Nc1ccc(F)cc1S(=O)(=O)NC1CCCCC1O. The molecule has 4 N–H and O–H groups in total. The Labute approximate surface area is 111 Å². The topological polar surface area (TPSA) is 92.4 Å². The minimum Gasteiger partial charge on any atom is -0.398 e. The van der Waals surface area contributed by atoms with E-state index >= 15 is 0 Å². The lowest BCUT2D eigenvalue weighted by molar-refractivity contribution is 0.101. The van der Waals surface area contributed by atoms with Gasteiger partial charge in [0.25, 0.3) is 0 Å². The summed E-state index contributed by atoms with van der Waals surface area (Å²) in [6, 6.07) is 2.65. The van der Waals surface area contributed by atoms with Crippen molar-refractivity contribution >= 4 is 15.7 Å². The first kappa shape index (κ1) is 14.2. The predicted octanol–water partition coefficient (Wildman–Crippen LogP) is 0.990. The Kier molecular flexibility index (Phi) is 4.07. The van der Waals surface area contributed by atoms with Crippen LogP contribution in [0.15, 0.2) is 23.1 Å². The molecule has 0 radical (unpaired) electrons. The summed E-state index contributed by atoms with van der Waals surface area (Å²) in [5, 5.41) is 9.77. The highest BCUT2D eigenvalue weighted by Crippen LogP contribution is 2.23. The lowest BCUT2D eigenvalue weighted by Crippen LogP contribution is -2.45. The number of sulfonamides is 1. The van der Waals surface area contributed by atoms with Crippen LogP contribution in [-0.2, 0) is 10.0 Å². The van der Waals surface area contributed by atoms with Gasteiger partial charge >= 0.3 is 0 Å². The molecule has 1 saturated carbocycles. The average molecular weight is 288 g/mol. The summed E-state index contributed by atoms with van der Waals surface area (Å²) in [5.74, 6) is -0.668. The van der Waals surface area contributed by atoms with Gasteiger partial charge in [-0.3, -0.25) is 0 Å². The van der Waals surface area contributed by atoms with Crippen LogP contribution in [0.4, 0.5) is 10.1 Å². The molecule has 19 heavy (non-hydrogen) atoms. The number of aliphatic hydroxyl groups is 1. The highest BCUT2D eigenvalue weighted by atomic mass is 32.2. The van der Waals surface area contributed by atoms with Gasteiger partial charge in [0.1, 0.15) is 10.7 Å². The number of rotatable bonds is 3. The quantitative estimate of drug-likeness (QED) is 0.723. The van der Waals surface area contributed by atoms with Crippen molar-refractivity contribution < 1.29 is 17.9 Å². The minimum absolute atomic E-state index is 0.0146. The average Bonchev–Trinajstić information content (AvgIpc) is 2.35. The molecule has 2 unspecified atom stereocenters. The molecule has 0 heterocycles. The number of halogens is 1. The highest BCUT2D eigenvalue weighted by Gasteiger charge is 2.29. The van der Waals surface area contributed by atoms with Gasteiger partial charge in [0, 0.05) is 6.04 Å². The standard InChI is InChI=1S/C12H17FN2O3S/c13-8-5-6-9(14)12(7-8)19(17,18)15-10-3-1-2-4-11(10)16/h5-7,10-11,15-16H,1-4,14H2. The van der Waals surface area contributed by atoms with Crippen LogP contribution in [0.3, 0.4) is 0 Å². The first-order valence-electron chi connectivity index (χ1n) is 6.15. The second-order valence-electron chi connectivity index (χ2n) is 4.76. The number of nitrogens with two attached hydrogens (primary N) is 1. The van der Waals surface area contributed by atoms with Gasteiger partial charge < -0.3 is 10.8 Å². The smallest absolute Gasteiger partial charge is 0.243 e. The van der Waals surface area contributed by atoms with Crippen LogP contribution in [0.2, 0.25) is 0 Å². The maximum absolute atomic E-state index is 13.1. The number of hydrogen-bond donors (Lipinski definition) is 3. The number of aliphatic hydroxyl groups excluding tert-OH is 1. The van der Waals surface area contributed by atoms with E-state index in [4.69, 9.17) is 5.73 Å². The first-order valence-corrected chi connectivity index (χ1v) is 7.64. The van der Waals surface area contributed by atoms with Crippen LogP contribution in [0.5, 0.6) is 0 Å². The summed E-state index contributed by atoms with van der Waals surface area (Å²) >= 11 is 0. The van der Waals surface area contributed by atoms with Gasteiger partial charge in [-0.2, -0.15) is 0 Å². The summed E-state index contributed by atoms with van der Waals surface area (Å²) in [5.41, 5.74) is 5.55. The van der Waals surface area contributed by atoms with E-state index < -0.39 is 28.0 Å². The van der Waals surface area contributed by atoms with Crippen molar-refractivity contribution in [2.24, 2.45) is 0 Å². The minimum atomic E-state index is -3.92. The second-order valence-corrected chi connectivity index (χ2v) is 6.44. The molecule has 0 aromatic heterocycles.